The average molecular weight is 274 g/mol. The number of unbranched alkanes of at least 4 members (excludes halogenated alkanes) is 1. The lowest BCUT2D eigenvalue weighted by molar-refractivity contribution is -0.0510. The average Bonchev–Trinajstić information content (AvgIpc) is 2.64. The predicted molar refractivity (Wildman–Crippen MR) is 54.7 cm³/mol. The molecule has 0 amide bonds. The number of rotatable bonds is 3. The minimum atomic E-state index is -5.84. The SMILES string of the molecule is CCCCn1ccnc1.O=S(=O)(O)C(F)(F)F. The van der Waals surface area contributed by atoms with E-state index in [0.717, 1.165) is 6.54 Å². The zero-order chi connectivity index (χ0) is 13.5. The van der Waals surface area contributed by atoms with E-state index < -0.39 is 15.6 Å². The lowest BCUT2D eigenvalue weighted by Gasteiger charge is -1.97. The van der Waals surface area contributed by atoms with Crippen LogP contribution in [0.4, 0.5) is 13.2 Å². The fourth-order valence-electron chi connectivity index (χ4n) is 0.760. The van der Waals surface area contributed by atoms with E-state index >= 15 is 0 Å². The van der Waals surface area contributed by atoms with Crippen molar-refractivity contribution in [1.82, 2.24) is 9.55 Å². The fourth-order valence-corrected chi connectivity index (χ4v) is 0.760. The Morgan fingerprint density at radius 3 is 2.24 bits per heavy atom. The molecule has 17 heavy (non-hydrogen) atoms. The number of imidazole rings is 1. The van der Waals surface area contributed by atoms with E-state index in [1.54, 1.807) is 0 Å². The Balaban J connectivity index is 0.000000304. The Hall–Kier alpha value is -1.09. The molecule has 1 heterocycles. The van der Waals surface area contributed by atoms with Gasteiger partial charge in [-0.2, -0.15) is 21.6 Å². The summed E-state index contributed by atoms with van der Waals surface area (Å²) in [7, 11) is -5.84. The molecule has 0 radical (unpaired) electrons. The van der Waals surface area contributed by atoms with Crippen LogP contribution in [0.15, 0.2) is 18.7 Å². The van der Waals surface area contributed by atoms with Crippen LogP contribution in [0, 0.1) is 0 Å². The van der Waals surface area contributed by atoms with Gasteiger partial charge in [-0.15, -0.1) is 0 Å². The monoisotopic (exact) mass is 274 g/mol. The molecule has 0 aliphatic rings. The van der Waals surface area contributed by atoms with Gasteiger partial charge in [-0.1, -0.05) is 13.3 Å². The Bertz CT molecular complexity index is 400. The van der Waals surface area contributed by atoms with Crippen LogP contribution in [-0.4, -0.2) is 28.0 Å². The summed E-state index contributed by atoms with van der Waals surface area (Å²) in [4.78, 5) is 3.94. The van der Waals surface area contributed by atoms with E-state index in [2.05, 4.69) is 16.5 Å². The van der Waals surface area contributed by atoms with Gasteiger partial charge in [-0.05, 0) is 6.42 Å². The van der Waals surface area contributed by atoms with E-state index in [9.17, 15) is 13.2 Å². The third kappa shape index (κ3) is 6.95. The number of aryl methyl sites for hydroxylation is 1. The van der Waals surface area contributed by atoms with Crippen molar-refractivity contribution in [3.05, 3.63) is 18.7 Å². The van der Waals surface area contributed by atoms with E-state index in [-0.39, 0.29) is 0 Å². The Kier molecular flexibility index (Phi) is 6.18. The summed E-state index contributed by atoms with van der Waals surface area (Å²) >= 11 is 0. The molecule has 0 aromatic carbocycles. The summed E-state index contributed by atoms with van der Waals surface area (Å²) in [5.41, 5.74) is -5.53. The maximum absolute atomic E-state index is 10.7. The highest BCUT2D eigenvalue weighted by Crippen LogP contribution is 2.20. The second kappa shape index (κ2) is 6.60. The molecule has 0 saturated heterocycles. The zero-order valence-corrected chi connectivity index (χ0v) is 9.87. The highest BCUT2D eigenvalue weighted by atomic mass is 32.2. The third-order valence-electron chi connectivity index (χ3n) is 1.62. The minimum absolute atomic E-state index is 1.11. The van der Waals surface area contributed by atoms with E-state index in [4.69, 9.17) is 13.0 Å². The number of hydrogen-bond donors (Lipinski definition) is 1. The smallest absolute Gasteiger partial charge is 0.337 e. The molecule has 0 atom stereocenters. The van der Waals surface area contributed by atoms with Gasteiger partial charge < -0.3 is 4.57 Å². The van der Waals surface area contributed by atoms with Crippen molar-refractivity contribution < 1.29 is 26.1 Å². The molecule has 1 N–H and O–H groups in total. The van der Waals surface area contributed by atoms with Crippen molar-refractivity contribution >= 4 is 10.1 Å². The molecule has 0 unspecified atom stereocenters. The number of nitrogens with zero attached hydrogens (tertiary/aromatic N) is 2. The van der Waals surface area contributed by atoms with Crippen molar-refractivity contribution in [2.75, 3.05) is 0 Å². The molecule has 1 rings (SSSR count). The van der Waals surface area contributed by atoms with Gasteiger partial charge in [0, 0.05) is 18.9 Å². The van der Waals surface area contributed by atoms with Gasteiger partial charge in [-0.3, -0.25) is 4.55 Å². The fraction of sp³-hybridized carbons (Fsp3) is 0.625. The van der Waals surface area contributed by atoms with Gasteiger partial charge >= 0.3 is 15.6 Å². The highest BCUT2D eigenvalue weighted by Gasteiger charge is 2.44. The van der Waals surface area contributed by atoms with Crippen LogP contribution in [0.5, 0.6) is 0 Å². The summed E-state index contributed by atoms with van der Waals surface area (Å²) in [6.07, 6.45) is 8.16. The van der Waals surface area contributed by atoms with Gasteiger partial charge in [0.2, 0.25) is 0 Å². The predicted octanol–water partition coefficient (Wildman–Crippen LogP) is 2.08. The van der Waals surface area contributed by atoms with E-state index in [1.165, 1.54) is 12.8 Å². The van der Waals surface area contributed by atoms with Crippen molar-refractivity contribution in [3.63, 3.8) is 0 Å². The molecular weight excluding hydrogens is 261 g/mol. The molecule has 0 saturated carbocycles. The molecule has 1 aromatic heterocycles. The molecule has 0 fully saturated rings. The van der Waals surface area contributed by atoms with Gasteiger partial charge in [0.05, 0.1) is 6.33 Å². The van der Waals surface area contributed by atoms with Crippen LogP contribution < -0.4 is 0 Å². The third-order valence-corrected chi connectivity index (χ3v) is 2.21. The Morgan fingerprint density at radius 2 is 1.94 bits per heavy atom. The number of alkyl halides is 3. The summed E-state index contributed by atoms with van der Waals surface area (Å²) in [6, 6.07) is 0. The van der Waals surface area contributed by atoms with Gasteiger partial charge in [0.1, 0.15) is 0 Å². The standard InChI is InChI=1S/C7H12N2.CHF3O3S/c1-2-3-5-9-6-4-8-7-9;2-1(3,4)8(5,6)7/h4,6-7H,2-3,5H2,1H3;(H,5,6,7). The maximum atomic E-state index is 10.7. The zero-order valence-electron chi connectivity index (χ0n) is 9.05. The molecule has 0 spiro atoms. The molecule has 9 heteroatoms. The van der Waals surface area contributed by atoms with Crippen molar-refractivity contribution in [1.29, 1.82) is 0 Å². The van der Waals surface area contributed by atoms with Crippen molar-refractivity contribution in [3.8, 4) is 0 Å². The van der Waals surface area contributed by atoms with E-state index in [0.29, 0.717) is 0 Å². The lowest BCUT2D eigenvalue weighted by Crippen LogP contribution is -2.21. The van der Waals surface area contributed by atoms with Crippen LogP contribution >= 0.6 is 0 Å². The number of hydrogen-bond acceptors (Lipinski definition) is 3. The number of aromatic nitrogens is 2. The molecule has 0 bridgehead atoms. The molecule has 1 aromatic rings. The molecule has 0 aliphatic carbocycles. The van der Waals surface area contributed by atoms with Crippen LogP contribution in [0.25, 0.3) is 0 Å². The van der Waals surface area contributed by atoms with Crippen LogP contribution in [0.2, 0.25) is 0 Å². The normalized spacial score (nSPS) is 11.8. The summed E-state index contributed by atoms with van der Waals surface area (Å²) < 4.78 is 59.6. The minimum Gasteiger partial charge on any atom is -0.337 e. The molecule has 100 valence electrons. The molecular formula is C8H13F3N2O3S. The Morgan fingerprint density at radius 1 is 1.41 bits per heavy atom. The topological polar surface area (TPSA) is 72.2 Å². The van der Waals surface area contributed by atoms with Gasteiger partial charge in [-0.25, -0.2) is 4.98 Å². The summed E-state index contributed by atoms with van der Waals surface area (Å²) in [5.74, 6) is 0. The molecule has 5 nitrogen and oxygen atoms in total. The first-order valence-electron chi connectivity index (χ1n) is 4.68. The second-order valence-electron chi connectivity index (χ2n) is 3.07. The maximum Gasteiger partial charge on any atom is 0.522 e. The van der Waals surface area contributed by atoms with Crippen molar-refractivity contribution in [2.45, 2.75) is 31.8 Å². The van der Waals surface area contributed by atoms with Crippen LogP contribution in [0.1, 0.15) is 19.8 Å². The lowest BCUT2D eigenvalue weighted by atomic mass is 10.3. The first-order valence-corrected chi connectivity index (χ1v) is 6.12. The largest absolute Gasteiger partial charge is 0.522 e. The summed E-state index contributed by atoms with van der Waals surface area (Å²) in [6.45, 7) is 3.30. The van der Waals surface area contributed by atoms with Crippen LogP contribution in [0.3, 0.4) is 0 Å². The summed E-state index contributed by atoms with van der Waals surface area (Å²) in [5, 5.41) is 0. The van der Waals surface area contributed by atoms with Gasteiger partial charge in [0.25, 0.3) is 0 Å². The Labute approximate surface area is 97.0 Å². The van der Waals surface area contributed by atoms with Crippen molar-refractivity contribution in [2.24, 2.45) is 0 Å². The highest BCUT2D eigenvalue weighted by molar-refractivity contribution is 7.86. The number of halogens is 3. The van der Waals surface area contributed by atoms with Gasteiger partial charge in [0.15, 0.2) is 0 Å². The van der Waals surface area contributed by atoms with E-state index in [1.807, 2.05) is 18.7 Å². The first kappa shape index (κ1) is 15.9. The van der Waals surface area contributed by atoms with Crippen LogP contribution in [-0.2, 0) is 16.7 Å². The molecule has 0 aliphatic heterocycles. The quantitative estimate of drug-likeness (QED) is 0.676. The second-order valence-corrected chi connectivity index (χ2v) is 4.49. The first-order chi connectivity index (χ1) is 7.68.